The van der Waals surface area contributed by atoms with Gasteiger partial charge < -0.3 is 13.4 Å². The van der Waals surface area contributed by atoms with Gasteiger partial charge in [-0.2, -0.15) is 0 Å². The van der Waals surface area contributed by atoms with Crippen molar-refractivity contribution < 1.29 is 40.7 Å². The number of hydrogen-bond donors (Lipinski definition) is 0. The molecule has 0 saturated heterocycles. The second kappa shape index (κ2) is 8.07. The topological polar surface area (TPSA) is 83.5 Å². The van der Waals surface area contributed by atoms with E-state index in [1.165, 1.54) is 6.07 Å². The second-order valence-electron chi connectivity index (χ2n) is 6.50. The largest absolute Gasteiger partial charge is 1.00 e. The zero-order valence-electron chi connectivity index (χ0n) is 16.0. The van der Waals surface area contributed by atoms with Gasteiger partial charge in [0.1, 0.15) is 32.3 Å². The molecule has 0 aliphatic heterocycles. The van der Waals surface area contributed by atoms with Gasteiger partial charge in [0, 0.05) is 16.1 Å². The van der Waals surface area contributed by atoms with Gasteiger partial charge in [-0.05, 0) is 30.3 Å². The van der Waals surface area contributed by atoms with Crippen molar-refractivity contribution in [3.63, 3.8) is 0 Å². The SMILES string of the molecule is O=S(=O)([O-])c1ccccc1P(c1cc2ccccc2o1)c1cc2ccccc2o1.[Li+]. The van der Waals surface area contributed by atoms with Gasteiger partial charge in [-0.15, -0.1) is 0 Å². The van der Waals surface area contributed by atoms with E-state index in [4.69, 9.17) is 8.83 Å². The number of para-hydroxylation sites is 2. The van der Waals surface area contributed by atoms with Gasteiger partial charge in [0.05, 0.1) is 12.8 Å². The summed E-state index contributed by atoms with van der Waals surface area (Å²) in [5.74, 6) is 0. The molecule has 2 aromatic heterocycles. The number of furan rings is 2. The van der Waals surface area contributed by atoms with Crippen LogP contribution in [0.25, 0.3) is 21.9 Å². The van der Waals surface area contributed by atoms with Crippen molar-refractivity contribution in [3.05, 3.63) is 84.9 Å². The first-order valence-corrected chi connectivity index (χ1v) is 11.6. The predicted molar refractivity (Wildman–Crippen MR) is 113 cm³/mol. The van der Waals surface area contributed by atoms with Crippen LogP contribution in [-0.4, -0.2) is 13.0 Å². The summed E-state index contributed by atoms with van der Waals surface area (Å²) in [6.07, 6.45) is 0. The summed E-state index contributed by atoms with van der Waals surface area (Å²) in [6, 6.07) is 25.1. The van der Waals surface area contributed by atoms with Crippen LogP contribution in [0, 0.1) is 0 Å². The van der Waals surface area contributed by atoms with Crippen LogP contribution < -0.4 is 35.2 Å². The molecule has 144 valence electrons. The average molecular weight is 428 g/mol. The molecule has 8 heteroatoms. The van der Waals surface area contributed by atoms with E-state index in [1.807, 2.05) is 60.7 Å². The van der Waals surface area contributed by atoms with Crippen molar-refractivity contribution in [2.75, 3.05) is 0 Å². The van der Waals surface area contributed by atoms with Crippen LogP contribution in [0.1, 0.15) is 0 Å². The number of hydrogen-bond acceptors (Lipinski definition) is 5. The monoisotopic (exact) mass is 428 g/mol. The van der Waals surface area contributed by atoms with E-state index in [0.717, 1.165) is 10.8 Å². The molecule has 0 atom stereocenters. The standard InChI is InChI=1S/C22H15O5PS.Li/c23-29(24,25)20-12-6-5-11-19(20)28(21-13-15-7-1-3-9-17(15)26-21)22-14-16-8-2-4-10-18(16)27-22;/h1-14H,(H,23,24,25);/q;+1/p-1. The smallest absolute Gasteiger partial charge is 0.744 e. The Kier molecular flexibility index (Phi) is 5.63. The molecule has 0 unspecified atom stereocenters. The second-order valence-corrected chi connectivity index (χ2v) is 9.88. The minimum atomic E-state index is -4.67. The van der Waals surface area contributed by atoms with E-state index in [9.17, 15) is 13.0 Å². The first-order chi connectivity index (χ1) is 14.0. The van der Waals surface area contributed by atoms with Gasteiger partial charge >= 0.3 is 18.9 Å². The fraction of sp³-hybridized carbons (Fsp3) is 0. The molecule has 5 nitrogen and oxygen atoms in total. The third-order valence-electron chi connectivity index (χ3n) is 4.64. The van der Waals surface area contributed by atoms with Crippen molar-refractivity contribution in [1.82, 2.24) is 0 Å². The summed E-state index contributed by atoms with van der Waals surface area (Å²) < 4.78 is 48.0. The van der Waals surface area contributed by atoms with Crippen LogP contribution in [0.15, 0.2) is 98.7 Å². The molecule has 0 saturated carbocycles. The van der Waals surface area contributed by atoms with Crippen LogP contribution in [0.4, 0.5) is 0 Å². The van der Waals surface area contributed by atoms with E-state index in [1.54, 1.807) is 18.2 Å². The number of rotatable bonds is 4. The maximum Gasteiger partial charge on any atom is 1.00 e. The molecule has 0 bridgehead atoms. The molecule has 5 aromatic rings. The Morgan fingerprint density at radius 3 is 1.67 bits per heavy atom. The predicted octanol–water partition coefficient (Wildman–Crippen LogP) is 0.845. The van der Waals surface area contributed by atoms with Gasteiger partial charge in [0.25, 0.3) is 0 Å². The Bertz CT molecular complexity index is 1310. The van der Waals surface area contributed by atoms with Crippen molar-refractivity contribution in [2.45, 2.75) is 4.90 Å². The zero-order chi connectivity index (χ0) is 20.0. The summed E-state index contributed by atoms with van der Waals surface area (Å²) in [6.45, 7) is 0. The van der Waals surface area contributed by atoms with E-state index in [-0.39, 0.29) is 23.8 Å². The fourth-order valence-electron chi connectivity index (χ4n) is 3.36. The Balaban J connectivity index is 0.00000218. The van der Waals surface area contributed by atoms with Gasteiger partial charge in [0.15, 0.2) is 0 Å². The van der Waals surface area contributed by atoms with Crippen LogP contribution in [0.5, 0.6) is 0 Å². The van der Waals surface area contributed by atoms with E-state index < -0.39 is 18.0 Å². The summed E-state index contributed by atoms with van der Waals surface area (Å²) in [5.41, 5.74) is 2.51. The van der Waals surface area contributed by atoms with Gasteiger partial charge in [-0.3, -0.25) is 0 Å². The Morgan fingerprint density at radius 2 is 1.17 bits per heavy atom. The van der Waals surface area contributed by atoms with Crippen molar-refractivity contribution in [2.24, 2.45) is 0 Å². The van der Waals surface area contributed by atoms with Gasteiger partial charge in [-0.25, -0.2) is 8.42 Å². The Hall–Kier alpha value is -2.32. The molecule has 0 aliphatic carbocycles. The first kappa shape index (κ1) is 20.9. The Labute approximate surface area is 186 Å². The van der Waals surface area contributed by atoms with Crippen LogP contribution in [-0.2, 0) is 10.1 Å². The van der Waals surface area contributed by atoms with Crippen LogP contribution in [0.3, 0.4) is 0 Å². The first-order valence-electron chi connectivity index (χ1n) is 8.83. The molecule has 0 spiro atoms. The molecular weight excluding hydrogens is 414 g/mol. The van der Waals surface area contributed by atoms with Gasteiger partial charge in [0.2, 0.25) is 0 Å². The fourth-order valence-corrected chi connectivity index (χ4v) is 6.67. The maximum atomic E-state index is 12.0. The molecule has 2 heterocycles. The molecule has 0 amide bonds. The minimum absolute atomic E-state index is 0. The van der Waals surface area contributed by atoms with E-state index in [2.05, 4.69) is 0 Å². The maximum absolute atomic E-state index is 12.0. The average Bonchev–Trinajstić information content (AvgIpc) is 3.31. The summed E-state index contributed by atoms with van der Waals surface area (Å²) in [7, 11) is -6.21. The van der Waals surface area contributed by atoms with Gasteiger partial charge in [-0.1, -0.05) is 54.6 Å². The van der Waals surface area contributed by atoms with Crippen molar-refractivity contribution in [1.29, 1.82) is 0 Å². The molecular formula is C22H14LiO5PS. The quantitative estimate of drug-likeness (QED) is 0.241. The van der Waals surface area contributed by atoms with Crippen molar-refractivity contribution >= 4 is 56.3 Å². The molecule has 0 N–H and O–H groups in total. The third-order valence-corrected chi connectivity index (χ3v) is 7.88. The van der Waals surface area contributed by atoms with E-state index >= 15 is 0 Å². The van der Waals surface area contributed by atoms with Crippen LogP contribution >= 0.6 is 7.92 Å². The molecule has 30 heavy (non-hydrogen) atoms. The number of fused-ring (bicyclic) bond motifs is 2. The molecule has 0 radical (unpaired) electrons. The minimum Gasteiger partial charge on any atom is -0.744 e. The molecule has 0 aliphatic rings. The molecule has 5 rings (SSSR count). The summed E-state index contributed by atoms with van der Waals surface area (Å²) >= 11 is 0. The normalized spacial score (nSPS) is 11.8. The summed E-state index contributed by atoms with van der Waals surface area (Å²) in [5, 5.41) is 2.18. The molecule has 0 fully saturated rings. The Morgan fingerprint density at radius 1 is 0.700 bits per heavy atom. The number of benzene rings is 3. The van der Waals surface area contributed by atoms with Crippen LogP contribution in [0.2, 0.25) is 0 Å². The third kappa shape index (κ3) is 3.74. The van der Waals surface area contributed by atoms with E-state index in [0.29, 0.717) is 27.5 Å². The van der Waals surface area contributed by atoms with Crippen molar-refractivity contribution in [3.8, 4) is 0 Å². The zero-order valence-corrected chi connectivity index (χ0v) is 17.7. The molecule has 3 aromatic carbocycles. The summed E-state index contributed by atoms with van der Waals surface area (Å²) in [4.78, 5) is -0.257.